The number of phenols is 1. The molecule has 5 nitrogen and oxygen atoms in total. The molecular weight excluding hydrogens is 306 g/mol. The van der Waals surface area contributed by atoms with E-state index < -0.39 is 12.0 Å². The van der Waals surface area contributed by atoms with Gasteiger partial charge in [0.1, 0.15) is 11.8 Å². The van der Waals surface area contributed by atoms with E-state index in [4.69, 9.17) is 4.74 Å². The lowest BCUT2D eigenvalue weighted by Crippen LogP contribution is -2.42. The third-order valence-electron chi connectivity index (χ3n) is 3.41. The maximum Gasteiger partial charge on any atom is 0.328 e. The number of nitrogens with one attached hydrogen (secondary N) is 1. The summed E-state index contributed by atoms with van der Waals surface area (Å²) in [4.78, 5) is 23.9. The van der Waals surface area contributed by atoms with Crippen LogP contribution in [-0.2, 0) is 20.7 Å². The van der Waals surface area contributed by atoms with E-state index in [-0.39, 0.29) is 18.1 Å². The van der Waals surface area contributed by atoms with Crippen molar-refractivity contribution < 1.29 is 19.4 Å². The summed E-state index contributed by atoms with van der Waals surface area (Å²) >= 11 is 0. The van der Waals surface area contributed by atoms with Gasteiger partial charge in [0.05, 0.1) is 7.11 Å². The number of carbonyl (C=O) groups is 2. The lowest BCUT2D eigenvalue weighted by atomic mass is 10.1. The second-order valence-corrected chi connectivity index (χ2v) is 5.20. The molecule has 1 amide bonds. The fraction of sp³-hybridized carbons (Fsp3) is 0.158. The van der Waals surface area contributed by atoms with Gasteiger partial charge in [-0.05, 0) is 29.3 Å². The highest BCUT2D eigenvalue weighted by molar-refractivity contribution is 5.94. The van der Waals surface area contributed by atoms with Crippen LogP contribution in [0, 0.1) is 0 Å². The van der Waals surface area contributed by atoms with Crippen LogP contribution in [0.3, 0.4) is 0 Å². The first-order chi connectivity index (χ1) is 11.6. The Kier molecular flexibility index (Phi) is 6.14. The molecule has 2 N–H and O–H groups in total. The van der Waals surface area contributed by atoms with Crippen molar-refractivity contribution in [3.05, 3.63) is 71.8 Å². The first-order valence-corrected chi connectivity index (χ1v) is 7.48. The third kappa shape index (κ3) is 5.28. The molecular formula is C19H19NO4. The minimum absolute atomic E-state index is 0.142. The van der Waals surface area contributed by atoms with Crippen LogP contribution in [0.15, 0.2) is 60.7 Å². The molecule has 2 rings (SSSR count). The van der Waals surface area contributed by atoms with Gasteiger partial charge in [0.15, 0.2) is 0 Å². The number of hydrogen-bond acceptors (Lipinski definition) is 4. The van der Waals surface area contributed by atoms with E-state index in [1.54, 1.807) is 18.2 Å². The molecule has 0 bridgehead atoms. The van der Waals surface area contributed by atoms with Gasteiger partial charge in [0.25, 0.3) is 0 Å². The number of benzene rings is 2. The van der Waals surface area contributed by atoms with Crippen molar-refractivity contribution in [2.45, 2.75) is 12.5 Å². The minimum Gasteiger partial charge on any atom is -0.508 e. The molecule has 0 spiro atoms. The highest BCUT2D eigenvalue weighted by Gasteiger charge is 2.21. The van der Waals surface area contributed by atoms with Gasteiger partial charge < -0.3 is 15.2 Å². The van der Waals surface area contributed by atoms with Gasteiger partial charge in [-0.15, -0.1) is 0 Å². The molecule has 0 saturated heterocycles. The quantitative estimate of drug-likeness (QED) is 0.631. The van der Waals surface area contributed by atoms with Crippen molar-refractivity contribution >= 4 is 18.0 Å². The van der Waals surface area contributed by atoms with E-state index in [2.05, 4.69) is 5.32 Å². The smallest absolute Gasteiger partial charge is 0.328 e. The van der Waals surface area contributed by atoms with Crippen LogP contribution in [0.2, 0.25) is 0 Å². The Bertz CT molecular complexity index is 708. The van der Waals surface area contributed by atoms with Crippen LogP contribution in [0.1, 0.15) is 11.1 Å². The summed E-state index contributed by atoms with van der Waals surface area (Å²) in [6.07, 6.45) is 3.32. The summed E-state index contributed by atoms with van der Waals surface area (Å²) in [6.45, 7) is 0. The highest BCUT2D eigenvalue weighted by atomic mass is 16.5. The zero-order valence-corrected chi connectivity index (χ0v) is 13.3. The van der Waals surface area contributed by atoms with E-state index in [1.165, 1.54) is 25.3 Å². The molecule has 0 aliphatic carbocycles. The van der Waals surface area contributed by atoms with Gasteiger partial charge in [-0.1, -0.05) is 42.5 Å². The topological polar surface area (TPSA) is 75.6 Å². The number of aromatic hydroxyl groups is 1. The second kappa shape index (κ2) is 8.53. The minimum atomic E-state index is -0.799. The van der Waals surface area contributed by atoms with E-state index in [0.29, 0.717) is 0 Å². The summed E-state index contributed by atoms with van der Waals surface area (Å²) in [5, 5.41) is 11.9. The monoisotopic (exact) mass is 325 g/mol. The molecule has 0 fully saturated rings. The van der Waals surface area contributed by atoms with Crippen LogP contribution in [0.4, 0.5) is 0 Å². The summed E-state index contributed by atoms with van der Waals surface area (Å²) in [5.74, 6) is -0.763. The van der Waals surface area contributed by atoms with E-state index in [1.807, 2.05) is 30.3 Å². The number of esters is 1. The van der Waals surface area contributed by atoms with Crippen molar-refractivity contribution in [3.8, 4) is 5.75 Å². The van der Waals surface area contributed by atoms with Crippen LogP contribution in [0.25, 0.3) is 6.08 Å². The standard InChI is InChI=1S/C19H19NO4/c1-24-19(23)17(13-15-7-10-16(21)11-8-15)20-18(22)12-9-14-5-3-2-4-6-14/h2-12,17,21H,13H2,1H3,(H,20,22)/b12-9+/t17-/m0/s1. The van der Waals surface area contributed by atoms with E-state index in [0.717, 1.165) is 11.1 Å². The lowest BCUT2D eigenvalue weighted by molar-refractivity contribution is -0.144. The van der Waals surface area contributed by atoms with Crippen LogP contribution in [0.5, 0.6) is 5.75 Å². The van der Waals surface area contributed by atoms with Crippen LogP contribution < -0.4 is 5.32 Å². The maximum absolute atomic E-state index is 12.0. The first-order valence-electron chi connectivity index (χ1n) is 7.48. The zero-order chi connectivity index (χ0) is 17.4. The molecule has 1 atom stereocenters. The van der Waals surface area contributed by atoms with Crippen molar-refractivity contribution in [1.82, 2.24) is 5.32 Å². The number of rotatable bonds is 6. The molecule has 2 aromatic rings. The number of amides is 1. The molecule has 0 aliphatic rings. The number of methoxy groups -OCH3 is 1. The average molecular weight is 325 g/mol. The highest BCUT2D eigenvalue weighted by Crippen LogP contribution is 2.12. The number of hydrogen-bond donors (Lipinski definition) is 2. The lowest BCUT2D eigenvalue weighted by Gasteiger charge is -2.15. The van der Waals surface area contributed by atoms with E-state index >= 15 is 0 Å². The summed E-state index contributed by atoms with van der Waals surface area (Å²) in [5.41, 5.74) is 1.69. The maximum atomic E-state index is 12.0. The number of ether oxygens (including phenoxy) is 1. The molecule has 0 saturated carbocycles. The van der Waals surface area contributed by atoms with Crippen molar-refractivity contribution in [2.75, 3.05) is 7.11 Å². The van der Waals surface area contributed by atoms with Crippen molar-refractivity contribution in [3.63, 3.8) is 0 Å². The Morgan fingerprint density at radius 1 is 1.12 bits per heavy atom. The Morgan fingerprint density at radius 3 is 2.42 bits per heavy atom. The molecule has 0 radical (unpaired) electrons. The van der Waals surface area contributed by atoms with Gasteiger partial charge in [-0.2, -0.15) is 0 Å². The Labute approximate surface area is 140 Å². The first kappa shape index (κ1) is 17.3. The van der Waals surface area contributed by atoms with Crippen molar-refractivity contribution in [2.24, 2.45) is 0 Å². The molecule has 24 heavy (non-hydrogen) atoms. The predicted molar refractivity (Wildman–Crippen MR) is 91.2 cm³/mol. The molecule has 5 heteroatoms. The number of phenolic OH excluding ortho intramolecular Hbond substituents is 1. The predicted octanol–water partition coefficient (Wildman–Crippen LogP) is 2.31. The normalized spacial score (nSPS) is 11.9. The van der Waals surface area contributed by atoms with Gasteiger partial charge in [-0.25, -0.2) is 4.79 Å². The Hall–Kier alpha value is -3.08. The summed E-state index contributed by atoms with van der Waals surface area (Å²) in [6, 6.07) is 15.0. The molecule has 0 aliphatic heterocycles. The SMILES string of the molecule is COC(=O)[C@H](Cc1ccc(O)cc1)NC(=O)/C=C/c1ccccc1. The fourth-order valence-electron chi connectivity index (χ4n) is 2.16. The molecule has 0 heterocycles. The summed E-state index contributed by atoms with van der Waals surface area (Å²) in [7, 11) is 1.28. The fourth-order valence-corrected chi connectivity index (χ4v) is 2.16. The second-order valence-electron chi connectivity index (χ2n) is 5.20. The van der Waals surface area contributed by atoms with Crippen molar-refractivity contribution in [1.29, 1.82) is 0 Å². The van der Waals surface area contributed by atoms with Gasteiger partial charge in [0, 0.05) is 12.5 Å². The van der Waals surface area contributed by atoms with Gasteiger partial charge in [0.2, 0.25) is 5.91 Å². The van der Waals surface area contributed by atoms with Crippen LogP contribution >= 0.6 is 0 Å². The molecule has 0 unspecified atom stereocenters. The average Bonchev–Trinajstić information content (AvgIpc) is 2.61. The molecule has 124 valence electrons. The van der Waals surface area contributed by atoms with Gasteiger partial charge in [-0.3, -0.25) is 4.79 Å². The van der Waals surface area contributed by atoms with Crippen LogP contribution in [-0.4, -0.2) is 30.1 Å². The Balaban J connectivity index is 2.02. The molecule has 0 aromatic heterocycles. The van der Waals surface area contributed by atoms with E-state index in [9.17, 15) is 14.7 Å². The number of carbonyl (C=O) groups excluding carboxylic acids is 2. The zero-order valence-electron chi connectivity index (χ0n) is 13.3. The Morgan fingerprint density at radius 2 is 1.79 bits per heavy atom. The van der Waals surface area contributed by atoms with Gasteiger partial charge >= 0.3 is 5.97 Å². The molecule has 2 aromatic carbocycles. The summed E-state index contributed by atoms with van der Waals surface area (Å²) < 4.78 is 4.74. The largest absolute Gasteiger partial charge is 0.508 e. The third-order valence-corrected chi connectivity index (χ3v) is 3.41.